The minimum absolute atomic E-state index is 0.0280. The van der Waals surface area contributed by atoms with Gasteiger partial charge in [-0.1, -0.05) is 13.8 Å². The first-order valence-corrected chi connectivity index (χ1v) is 8.84. The van der Waals surface area contributed by atoms with Gasteiger partial charge in [0.25, 0.3) is 0 Å². The van der Waals surface area contributed by atoms with Gasteiger partial charge in [-0.05, 0) is 38.0 Å². The molecule has 0 amide bonds. The molecule has 0 aliphatic carbocycles. The van der Waals surface area contributed by atoms with Gasteiger partial charge in [0.2, 0.25) is 10.0 Å². The number of rotatable bonds is 6. The van der Waals surface area contributed by atoms with Crippen molar-refractivity contribution < 1.29 is 18.3 Å². The predicted octanol–water partition coefficient (Wildman–Crippen LogP) is 2.00. The number of carbonyl (C=O) groups is 1. The van der Waals surface area contributed by atoms with Crippen LogP contribution in [0.3, 0.4) is 0 Å². The summed E-state index contributed by atoms with van der Waals surface area (Å²) >= 11 is 0. The predicted molar refractivity (Wildman–Crippen MR) is 86.7 cm³/mol. The first kappa shape index (κ1) is 17.4. The van der Waals surface area contributed by atoms with Crippen LogP contribution in [0.5, 0.6) is 0 Å². The molecule has 0 radical (unpaired) electrons. The zero-order chi connectivity index (χ0) is 17.4. The maximum atomic E-state index is 12.4. The maximum Gasteiger partial charge on any atom is 0.322 e. The fraction of sp³-hybridized carbons (Fsp3) is 0.467. The Hall–Kier alpha value is -1.93. The molecule has 0 spiro atoms. The third-order valence-electron chi connectivity index (χ3n) is 3.58. The Morgan fingerprint density at radius 2 is 1.91 bits per heavy atom. The highest BCUT2D eigenvalue weighted by Gasteiger charge is 2.28. The van der Waals surface area contributed by atoms with Crippen molar-refractivity contribution >= 4 is 26.9 Å². The minimum atomic E-state index is -3.92. The zero-order valence-electron chi connectivity index (χ0n) is 13.5. The van der Waals surface area contributed by atoms with E-state index in [1.54, 1.807) is 30.8 Å². The van der Waals surface area contributed by atoms with Crippen LogP contribution < -0.4 is 4.72 Å². The molecule has 0 saturated carbocycles. The number of nitrogens with zero attached hydrogens (tertiary/aromatic N) is 2. The fourth-order valence-electron chi connectivity index (χ4n) is 2.32. The highest BCUT2D eigenvalue weighted by Crippen LogP contribution is 2.22. The molecule has 1 atom stereocenters. The summed E-state index contributed by atoms with van der Waals surface area (Å²) in [6.45, 7) is 7.27. The van der Waals surface area contributed by atoms with E-state index in [1.807, 2.05) is 13.8 Å². The van der Waals surface area contributed by atoms with Gasteiger partial charge in [-0.25, -0.2) is 8.42 Å². The molecule has 1 aromatic carbocycles. The molecule has 0 fully saturated rings. The van der Waals surface area contributed by atoms with E-state index in [0.717, 1.165) is 5.52 Å². The Bertz CT molecular complexity index is 824. The third kappa shape index (κ3) is 3.53. The van der Waals surface area contributed by atoms with Gasteiger partial charge in [-0.2, -0.15) is 9.82 Å². The molecule has 0 saturated heterocycles. The van der Waals surface area contributed by atoms with Gasteiger partial charge in [-0.15, -0.1) is 0 Å². The summed E-state index contributed by atoms with van der Waals surface area (Å²) in [5.41, 5.74) is 0.831. The van der Waals surface area contributed by atoms with Crippen LogP contribution in [0.1, 0.15) is 33.7 Å². The van der Waals surface area contributed by atoms with Crippen LogP contribution >= 0.6 is 0 Å². The summed E-state index contributed by atoms with van der Waals surface area (Å²) < 4.78 is 28.9. The lowest BCUT2D eigenvalue weighted by molar-refractivity contribution is -0.140. The molecule has 2 N–H and O–H groups in total. The van der Waals surface area contributed by atoms with Crippen molar-refractivity contribution in [3.05, 3.63) is 24.4 Å². The van der Waals surface area contributed by atoms with Gasteiger partial charge >= 0.3 is 5.97 Å². The first-order valence-electron chi connectivity index (χ1n) is 7.36. The van der Waals surface area contributed by atoms with E-state index in [1.165, 1.54) is 12.1 Å². The minimum Gasteiger partial charge on any atom is -0.480 e. The molecular formula is C15H21N3O4S. The van der Waals surface area contributed by atoms with Gasteiger partial charge in [0.05, 0.1) is 16.6 Å². The van der Waals surface area contributed by atoms with Crippen molar-refractivity contribution in [2.45, 2.75) is 44.7 Å². The third-order valence-corrected chi connectivity index (χ3v) is 5.02. The Labute approximate surface area is 135 Å². The number of hydrogen-bond acceptors (Lipinski definition) is 4. The van der Waals surface area contributed by atoms with Gasteiger partial charge in [-0.3, -0.25) is 9.48 Å². The number of nitrogens with one attached hydrogen (secondary N) is 1. The molecule has 0 bridgehead atoms. The van der Waals surface area contributed by atoms with Crippen LogP contribution in [0.2, 0.25) is 0 Å². The van der Waals surface area contributed by atoms with E-state index in [4.69, 9.17) is 5.11 Å². The molecule has 23 heavy (non-hydrogen) atoms. The molecule has 0 aliphatic rings. The molecule has 1 unspecified atom stereocenters. The quantitative estimate of drug-likeness (QED) is 0.838. The lowest BCUT2D eigenvalue weighted by Crippen LogP contribution is -2.44. The van der Waals surface area contributed by atoms with Gasteiger partial charge in [0, 0.05) is 11.4 Å². The number of aromatic nitrogens is 2. The molecule has 2 rings (SSSR count). The monoisotopic (exact) mass is 339 g/mol. The smallest absolute Gasteiger partial charge is 0.322 e. The summed E-state index contributed by atoms with van der Waals surface area (Å²) in [6, 6.07) is 3.63. The average molecular weight is 339 g/mol. The fourth-order valence-corrected chi connectivity index (χ4v) is 3.69. The number of fused-ring (bicyclic) bond motifs is 1. The van der Waals surface area contributed by atoms with Crippen molar-refractivity contribution in [1.29, 1.82) is 0 Å². The molecule has 1 heterocycles. The number of benzene rings is 1. The lowest BCUT2D eigenvalue weighted by Gasteiger charge is -2.18. The maximum absolute atomic E-state index is 12.4. The van der Waals surface area contributed by atoms with Crippen molar-refractivity contribution in [3.63, 3.8) is 0 Å². The Morgan fingerprint density at radius 3 is 2.43 bits per heavy atom. The zero-order valence-corrected chi connectivity index (χ0v) is 14.3. The van der Waals surface area contributed by atoms with E-state index < -0.39 is 22.0 Å². The van der Waals surface area contributed by atoms with Crippen LogP contribution in [-0.4, -0.2) is 35.3 Å². The normalized spacial score (nSPS) is 13.8. The van der Waals surface area contributed by atoms with Crippen LogP contribution in [0.15, 0.2) is 29.3 Å². The number of aliphatic carboxylic acids is 1. The molecule has 8 heteroatoms. The molecule has 7 nitrogen and oxygen atoms in total. The molecule has 126 valence electrons. The Kier molecular flexibility index (Phi) is 4.76. The topological polar surface area (TPSA) is 101 Å². The summed E-state index contributed by atoms with van der Waals surface area (Å²) in [7, 11) is -3.92. The van der Waals surface area contributed by atoms with Crippen molar-refractivity contribution in [3.8, 4) is 0 Å². The first-order chi connectivity index (χ1) is 10.6. The number of sulfonamides is 1. The Morgan fingerprint density at radius 1 is 1.26 bits per heavy atom. The summed E-state index contributed by atoms with van der Waals surface area (Å²) in [5, 5.41) is 14.1. The van der Waals surface area contributed by atoms with Crippen LogP contribution in [-0.2, 0) is 14.8 Å². The SMILES string of the molecule is CC(C)C(NS(=O)(=O)c1ccc2c(cnn2C(C)C)c1)C(=O)O. The van der Waals surface area contributed by atoms with E-state index in [0.29, 0.717) is 5.39 Å². The van der Waals surface area contributed by atoms with Crippen LogP contribution in [0, 0.1) is 5.92 Å². The molecular weight excluding hydrogens is 318 g/mol. The summed E-state index contributed by atoms with van der Waals surface area (Å²) in [4.78, 5) is 11.2. The van der Waals surface area contributed by atoms with Crippen molar-refractivity contribution in [2.75, 3.05) is 0 Å². The molecule has 1 aromatic heterocycles. The second kappa shape index (κ2) is 6.29. The van der Waals surface area contributed by atoms with Crippen LogP contribution in [0.25, 0.3) is 10.9 Å². The van der Waals surface area contributed by atoms with E-state index in [-0.39, 0.29) is 16.9 Å². The number of carboxylic acid groups (broad SMARTS) is 1. The second-order valence-electron chi connectivity index (χ2n) is 6.08. The highest BCUT2D eigenvalue weighted by atomic mass is 32.2. The van der Waals surface area contributed by atoms with E-state index in [9.17, 15) is 13.2 Å². The number of hydrogen-bond donors (Lipinski definition) is 2. The number of carboxylic acids is 1. The standard InChI is InChI=1S/C15H21N3O4S/c1-9(2)14(15(19)20)17-23(21,22)12-5-6-13-11(7-12)8-16-18(13)10(3)4/h5-10,14,17H,1-4H3,(H,19,20). The lowest BCUT2D eigenvalue weighted by atomic mass is 10.1. The largest absolute Gasteiger partial charge is 0.480 e. The van der Waals surface area contributed by atoms with Crippen LogP contribution in [0.4, 0.5) is 0 Å². The van der Waals surface area contributed by atoms with Gasteiger partial charge < -0.3 is 5.11 Å². The molecule has 0 aliphatic heterocycles. The van der Waals surface area contributed by atoms with Gasteiger partial charge in [0.1, 0.15) is 6.04 Å². The second-order valence-corrected chi connectivity index (χ2v) is 7.80. The Balaban J connectivity index is 2.40. The van der Waals surface area contributed by atoms with Gasteiger partial charge in [0.15, 0.2) is 0 Å². The molecule has 2 aromatic rings. The van der Waals surface area contributed by atoms with Crippen molar-refractivity contribution in [2.24, 2.45) is 5.92 Å². The van der Waals surface area contributed by atoms with E-state index in [2.05, 4.69) is 9.82 Å². The van der Waals surface area contributed by atoms with E-state index >= 15 is 0 Å². The van der Waals surface area contributed by atoms with Crippen molar-refractivity contribution in [1.82, 2.24) is 14.5 Å². The summed E-state index contributed by atoms with van der Waals surface area (Å²) in [6.07, 6.45) is 1.60. The average Bonchev–Trinajstić information content (AvgIpc) is 2.87. The summed E-state index contributed by atoms with van der Waals surface area (Å²) in [5.74, 6) is -1.56. The highest BCUT2D eigenvalue weighted by molar-refractivity contribution is 7.89.